The normalized spacial score (nSPS) is 11.5. The standard InChI is InChI=1S/C22H23FN4O6/c23-14-4-7-16(8-5-14)33-17-6-3-13-10-19(27-18(13)11-17)20(28)25-12-15(26-22(31)32)2-1-9-24-21(29)30/h3-8,10-11,15,24,26-27H,1-2,9,12H2,(H,25,28)(H,29,30)(H,31,32). The van der Waals surface area contributed by atoms with E-state index in [4.69, 9.17) is 14.9 Å². The molecule has 0 saturated carbocycles. The number of aromatic amines is 1. The van der Waals surface area contributed by atoms with E-state index >= 15 is 0 Å². The van der Waals surface area contributed by atoms with Crippen LogP contribution in [0.15, 0.2) is 48.5 Å². The van der Waals surface area contributed by atoms with Gasteiger partial charge in [0.15, 0.2) is 0 Å². The first-order valence-electron chi connectivity index (χ1n) is 10.1. The zero-order chi connectivity index (χ0) is 23.8. The summed E-state index contributed by atoms with van der Waals surface area (Å²) in [6.45, 7) is 0.206. The largest absolute Gasteiger partial charge is 0.465 e. The van der Waals surface area contributed by atoms with Crippen molar-refractivity contribution in [2.45, 2.75) is 18.9 Å². The number of aromatic nitrogens is 1. The van der Waals surface area contributed by atoms with Crippen molar-refractivity contribution in [3.8, 4) is 11.5 Å². The van der Waals surface area contributed by atoms with E-state index in [0.29, 0.717) is 29.9 Å². The Labute approximate surface area is 187 Å². The summed E-state index contributed by atoms with van der Waals surface area (Å²) in [7, 11) is 0. The molecule has 6 N–H and O–H groups in total. The van der Waals surface area contributed by atoms with Crippen LogP contribution in [0.3, 0.4) is 0 Å². The highest BCUT2D eigenvalue weighted by atomic mass is 19.1. The summed E-state index contributed by atoms with van der Waals surface area (Å²) in [6.07, 6.45) is -1.66. The molecule has 0 aliphatic heterocycles. The van der Waals surface area contributed by atoms with Gasteiger partial charge in [0.2, 0.25) is 0 Å². The van der Waals surface area contributed by atoms with Crippen LogP contribution in [0.2, 0.25) is 0 Å². The Bertz CT molecular complexity index is 1130. The molecule has 1 heterocycles. The fourth-order valence-corrected chi connectivity index (χ4v) is 3.19. The molecule has 0 bridgehead atoms. The highest BCUT2D eigenvalue weighted by molar-refractivity contribution is 5.98. The number of carboxylic acid groups (broad SMARTS) is 2. The quantitative estimate of drug-likeness (QED) is 0.256. The average molecular weight is 458 g/mol. The van der Waals surface area contributed by atoms with Gasteiger partial charge in [-0.1, -0.05) is 0 Å². The molecule has 0 aliphatic carbocycles. The Balaban J connectivity index is 1.60. The summed E-state index contributed by atoms with van der Waals surface area (Å²) in [5, 5.41) is 25.5. The van der Waals surface area contributed by atoms with Crippen LogP contribution in [-0.2, 0) is 0 Å². The molecule has 10 nitrogen and oxygen atoms in total. The Morgan fingerprint density at radius 3 is 2.39 bits per heavy atom. The second-order valence-corrected chi connectivity index (χ2v) is 7.22. The van der Waals surface area contributed by atoms with Crippen LogP contribution in [0.4, 0.5) is 14.0 Å². The van der Waals surface area contributed by atoms with E-state index < -0.39 is 24.1 Å². The van der Waals surface area contributed by atoms with Gasteiger partial charge >= 0.3 is 12.2 Å². The van der Waals surface area contributed by atoms with Crippen LogP contribution in [0.5, 0.6) is 11.5 Å². The molecule has 0 spiro atoms. The number of hydrogen-bond acceptors (Lipinski definition) is 4. The van der Waals surface area contributed by atoms with Crippen LogP contribution in [-0.4, -0.2) is 52.4 Å². The van der Waals surface area contributed by atoms with Crippen molar-refractivity contribution in [3.63, 3.8) is 0 Å². The van der Waals surface area contributed by atoms with E-state index in [0.717, 1.165) is 5.39 Å². The number of halogens is 1. The van der Waals surface area contributed by atoms with Crippen LogP contribution < -0.4 is 20.7 Å². The molecule has 1 unspecified atom stereocenters. The molecule has 3 rings (SSSR count). The van der Waals surface area contributed by atoms with Crippen molar-refractivity contribution in [2.24, 2.45) is 0 Å². The van der Waals surface area contributed by atoms with E-state index in [1.54, 1.807) is 24.3 Å². The Morgan fingerprint density at radius 2 is 1.70 bits per heavy atom. The first kappa shape index (κ1) is 23.4. The number of nitrogens with one attached hydrogen (secondary N) is 4. The molecule has 3 aromatic rings. The van der Waals surface area contributed by atoms with Gasteiger partial charge in [-0.25, -0.2) is 14.0 Å². The van der Waals surface area contributed by atoms with Gasteiger partial charge in [-0.15, -0.1) is 0 Å². The third-order valence-electron chi connectivity index (χ3n) is 4.73. The van der Waals surface area contributed by atoms with Crippen LogP contribution in [0.25, 0.3) is 10.9 Å². The fourth-order valence-electron chi connectivity index (χ4n) is 3.19. The Hall–Kier alpha value is -4.28. The first-order valence-corrected chi connectivity index (χ1v) is 10.1. The molecule has 1 atom stereocenters. The number of ether oxygens (including phenoxy) is 1. The third-order valence-corrected chi connectivity index (χ3v) is 4.73. The second kappa shape index (κ2) is 10.8. The summed E-state index contributed by atoms with van der Waals surface area (Å²) >= 11 is 0. The van der Waals surface area contributed by atoms with Gasteiger partial charge in [0.1, 0.15) is 23.0 Å². The minimum Gasteiger partial charge on any atom is -0.465 e. The molecule has 0 saturated heterocycles. The van der Waals surface area contributed by atoms with Crippen molar-refractivity contribution in [2.75, 3.05) is 13.1 Å². The maximum Gasteiger partial charge on any atom is 0.404 e. The Kier molecular flexibility index (Phi) is 7.68. The van der Waals surface area contributed by atoms with E-state index in [1.165, 1.54) is 24.3 Å². The monoisotopic (exact) mass is 458 g/mol. The highest BCUT2D eigenvalue weighted by Crippen LogP contribution is 2.26. The zero-order valence-corrected chi connectivity index (χ0v) is 17.4. The summed E-state index contributed by atoms with van der Waals surface area (Å²) in [6, 6.07) is 11.9. The number of fused-ring (bicyclic) bond motifs is 1. The van der Waals surface area contributed by atoms with E-state index in [9.17, 15) is 18.8 Å². The molecule has 2 aromatic carbocycles. The van der Waals surface area contributed by atoms with Gasteiger partial charge in [0.25, 0.3) is 5.91 Å². The van der Waals surface area contributed by atoms with Gasteiger partial charge in [0, 0.05) is 36.1 Å². The topological polar surface area (TPSA) is 153 Å². The third kappa shape index (κ3) is 7.13. The van der Waals surface area contributed by atoms with E-state index in [2.05, 4.69) is 20.9 Å². The lowest BCUT2D eigenvalue weighted by molar-refractivity contribution is 0.0943. The number of rotatable bonds is 10. The van der Waals surface area contributed by atoms with Crippen molar-refractivity contribution >= 4 is 29.0 Å². The molecule has 11 heteroatoms. The van der Waals surface area contributed by atoms with Gasteiger partial charge < -0.3 is 35.9 Å². The smallest absolute Gasteiger partial charge is 0.404 e. The molecule has 0 radical (unpaired) electrons. The zero-order valence-electron chi connectivity index (χ0n) is 17.4. The average Bonchev–Trinajstić information content (AvgIpc) is 3.19. The lowest BCUT2D eigenvalue weighted by Gasteiger charge is -2.17. The number of hydrogen-bond donors (Lipinski definition) is 6. The molecule has 174 valence electrons. The Morgan fingerprint density at radius 1 is 0.970 bits per heavy atom. The maximum absolute atomic E-state index is 13.0. The van der Waals surface area contributed by atoms with Crippen LogP contribution >= 0.6 is 0 Å². The molecular formula is C22H23FN4O6. The number of amides is 3. The second-order valence-electron chi connectivity index (χ2n) is 7.22. The minimum absolute atomic E-state index is 0.0342. The molecule has 0 fully saturated rings. The first-order chi connectivity index (χ1) is 15.8. The van der Waals surface area contributed by atoms with Crippen molar-refractivity contribution in [3.05, 3.63) is 60.0 Å². The van der Waals surface area contributed by atoms with Gasteiger partial charge in [-0.2, -0.15) is 0 Å². The molecular weight excluding hydrogens is 435 g/mol. The van der Waals surface area contributed by atoms with Gasteiger partial charge in [-0.05, 0) is 55.3 Å². The van der Waals surface area contributed by atoms with Crippen molar-refractivity contribution in [1.29, 1.82) is 0 Å². The lowest BCUT2D eigenvalue weighted by Crippen LogP contribution is -2.43. The highest BCUT2D eigenvalue weighted by Gasteiger charge is 2.15. The maximum atomic E-state index is 13.0. The summed E-state index contributed by atoms with van der Waals surface area (Å²) in [5.74, 6) is 0.183. The predicted octanol–water partition coefficient (Wildman–Crippen LogP) is 3.51. The molecule has 33 heavy (non-hydrogen) atoms. The van der Waals surface area contributed by atoms with Crippen molar-refractivity contribution < 1.29 is 33.7 Å². The summed E-state index contributed by atoms with van der Waals surface area (Å²) in [4.78, 5) is 37.0. The number of benzene rings is 2. The summed E-state index contributed by atoms with van der Waals surface area (Å²) in [5.41, 5.74) is 0.935. The molecule has 0 aliphatic rings. The van der Waals surface area contributed by atoms with Crippen molar-refractivity contribution in [1.82, 2.24) is 20.9 Å². The SMILES string of the molecule is O=C(O)NCCCC(CNC(=O)c1cc2ccc(Oc3ccc(F)cc3)cc2[nH]1)NC(=O)O. The van der Waals surface area contributed by atoms with Gasteiger partial charge in [-0.3, -0.25) is 4.79 Å². The van der Waals surface area contributed by atoms with E-state index in [1.807, 2.05) is 0 Å². The number of carbonyl (C=O) groups excluding carboxylic acids is 1. The van der Waals surface area contributed by atoms with Crippen LogP contribution in [0.1, 0.15) is 23.3 Å². The van der Waals surface area contributed by atoms with Crippen LogP contribution in [0, 0.1) is 5.82 Å². The summed E-state index contributed by atoms with van der Waals surface area (Å²) < 4.78 is 18.7. The lowest BCUT2D eigenvalue weighted by atomic mass is 10.1. The molecule has 3 amide bonds. The predicted molar refractivity (Wildman–Crippen MR) is 117 cm³/mol. The fraction of sp³-hybridized carbons (Fsp3) is 0.227. The van der Waals surface area contributed by atoms with Gasteiger partial charge in [0.05, 0.1) is 0 Å². The number of H-pyrrole nitrogens is 1. The number of carbonyl (C=O) groups is 3. The molecule has 1 aromatic heterocycles. The van der Waals surface area contributed by atoms with E-state index in [-0.39, 0.29) is 24.6 Å². The minimum atomic E-state index is -1.24.